The number of nitrogens with one attached hydrogen (secondary N) is 2. The average molecular weight is 993 g/mol. The standard InChI is InChI=1S/C25H21NO6S3.C22H18F3NO5S/c27-25(28)22-12-5-4-8-19(22)14-13-18-7-6-9-20(17-18)26-35(31,32)24-16-15-23(33-24)34(29,30)21-10-2-1-3-11-21;23-22(24,25)31-19-10-3-4-11-20(19)32(29,30)26-17-8-5-6-15(14-17)12-13-16-7-1-2-9-18(16)21(27)28/h1-12,15-17,26H,13-14H2,(H,27,28);1-11,14,26H,12-13H2,(H,27,28). The molecule has 0 aliphatic rings. The van der Waals surface area contributed by atoms with Gasteiger partial charge in [-0.05, 0) is 121 Å². The smallest absolute Gasteiger partial charge is 0.478 e. The summed E-state index contributed by atoms with van der Waals surface area (Å²) in [6, 6.07) is 41.3. The van der Waals surface area contributed by atoms with Crippen LogP contribution in [-0.2, 0) is 55.6 Å². The molecule has 0 atom stereocenters. The number of anilines is 2. The molecule has 0 saturated heterocycles. The van der Waals surface area contributed by atoms with Crippen LogP contribution < -0.4 is 14.2 Å². The van der Waals surface area contributed by atoms with Gasteiger partial charge in [-0.3, -0.25) is 9.44 Å². The second-order valence-corrected chi connectivity index (χ2v) is 21.2. The van der Waals surface area contributed by atoms with Gasteiger partial charge in [-0.1, -0.05) is 91.0 Å². The molecule has 0 fully saturated rings. The van der Waals surface area contributed by atoms with Crippen LogP contribution in [0, 0.1) is 0 Å². The lowest BCUT2D eigenvalue weighted by atomic mass is 10.00. The van der Waals surface area contributed by atoms with E-state index >= 15 is 0 Å². The van der Waals surface area contributed by atoms with Crippen molar-refractivity contribution < 1.29 is 63.0 Å². The van der Waals surface area contributed by atoms with E-state index in [1.807, 2.05) is 6.07 Å². The minimum atomic E-state index is -5.04. The van der Waals surface area contributed by atoms with Crippen LogP contribution in [-0.4, -0.2) is 53.8 Å². The molecule has 0 bridgehead atoms. The summed E-state index contributed by atoms with van der Waals surface area (Å²) in [4.78, 5) is 22.2. The molecule has 20 heteroatoms. The number of aryl methyl sites for hydroxylation is 4. The summed E-state index contributed by atoms with van der Waals surface area (Å²) in [6.07, 6.45) is -3.23. The zero-order valence-electron chi connectivity index (χ0n) is 34.8. The molecule has 0 unspecified atom stereocenters. The molecule has 0 amide bonds. The molecule has 6 aromatic carbocycles. The number of hydrogen-bond donors (Lipinski definition) is 4. The highest BCUT2D eigenvalue weighted by Crippen LogP contribution is 2.33. The molecule has 4 N–H and O–H groups in total. The van der Waals surface area contributed by atoms with Gasteiger partial charge >= 0.3 is 18.3 Å². The van der Waals surface area contributed by atoms with E-state index in [0.717, 1.165) is 17.7 Å². The van der Waals surface area contributed by atoms with Gasteiger partial charge in [0.2, 0.25) is 9.84 Å². The van der Waals surface area contributed by atoms with Gasteiger partial charge in [-0.25, -0.2) is 34.8 Å². The van der Waals surface area contributed by atoms with Crippen molar-refractivity contribution in [3.05, 3.63) is 197 Å². The molecule has 0 spiro atoms. The lowest BCUT2D eigenvalue weighted by molar-refractivity contribution is -0.275. The minimum absolute atomic E-state index is 0.0603. The number of halogens is 3. The summed E-state index contributed by atoms with van der Waals surface area (Å²) < 4.78 is 123. The van der Waals surface area contributed by atoms with Crippen molar-refractivity contribution in [2.24, 2.45) is 0 Å². The van der Waals surface area contributed by atoms with E-state index in [0.29, 0.717) is 59.4 Å². The van der Waals surface area contributed by atoms with Crippen molar-refractivity contribution in [2.45, 2.75) is 50.3 Å². The lowest BCUT2D eigenvalue weighted by Gasteiger charge is -2.15. The fourth-order valence-corrected chi connectivity index (χ4v) is 12.1. The van der Waals surface area contributed by atoms with Crippen LogP contribution >= 0.6 is 11.3 Å². The van der Waals surface area contributed by atoms with Crippen LogP contribution in [0.2, 0.25) is 0 Å². The molecule has 1 heterocycles. The Balaban J connectivity index is 0.000000222. The predicted octanol–water partition coefficient (Wildman–Crippen LogP) is 9.73. The van der Waals surface area contributed by atoms with Gasteiger partial charge in [0.25, 0.3) is 20.0 Å². The number of alkyl halides is 3. The molecule has 0 radical (unpaired) electrons. The van der Waals surface area contributed by atoms with E-state index in [1.165, 1.54) is 54.6 Å². The number of carboxylic acid groups (broad SMARTS) is 2. The monoisotopic (exact) mass is 992 g/mol. The predicted molar refractivity (Wildman–Crippen MR) is 245 cm³/mol. The first-order valence-electron chi connectivity index (χ1n) is 19.8. The first kappa shape index (κ1) is 49.4. The largest absolute Gasteiger partial charge is 0.573 e. The second-order valence-electron chi connectivity index (χ2n) is 14.4. The van der Waals surface area contributed by atoms with Crippen LogP contribution in [0.15, 0.2) is 182 Å². The van der Waals surface area contributed by atoms with Crippen molar-refractivity contribution >= 4 is 64.5 Å². The normalized spacial score (nSPS) is 11.7. The molecule has 0 aliphatic heterocycles. The fourth-order valence-electron chi connectivity index (χ4n) is 6.64. The highest BCUT2D eigenvalue weighted by atomic mass is 32.3. The van der Waals surface area contributed by atoms with Gasteiger partial charge in [0.1, 0.15) is 19.1 Å². The van der Waals surface area contributed by atoms with Crippen LogP contribution in [0.4, 0.5) is 24.5 Å². The highest BCUT2D eigenvalue weighted by Gasteiger charge is 2.34. The van der Waals surface area contributed by atoms with Crippen LogP contribution in [0.1, 0.15) is 43.0 Å². The van der Waals surface area contributed by atoms with Crippen molar-refractivity contribution in [3.8, 4) is 5.75 Å². The summed E-state index contributed by atoms with van der Waals surface area (Å²) in [5.74, 6) is -2.87. The van der Waals surface area contributed by atoms with Crippen molar-refractivity contribution in [3.63, 3.8) is 0 Å². The van der Waals surface area contributed by atoms with Crippen molar-refractivity contribution in [1.29, 1.82) is 0 Å². The zero-order chi connectivity index (χ0) is 48.4. The van der Waals surface area contributed by atoms with Crippen LogP contribution in [0.3, 0.4) is 0 Å². The summed E-state index contributed by atoms with van der Waals surface area (Å²) in [5.41, 5.74) is 3.76. The second kappa shape index (κ2) is 21.1. The number of rotatable bonds is 17. The highest BCUT2D eigenvalue weighted by molar-refractivity contribution is 7.96. The van der Waals surface area contributed by atoms with E-state index in [1.54, 1.807) is 91.0 Å². The SMILES string of the molecule is O=C(O)c1ccccc1CCc1cccc(NS(=O)(=O)c2ccc(S(=O)(=O)c3ccccc3)s2)c1.O=C(O)c1ccccc1CCc1cccc(NS(=O)(=O)c2ccccc2OC(F)(F)F)c1. The molecule has 348 valence electrons. The number of sulfonamides is 2. The number of carboxylic acids is 2. The van der Waals surface area contributed by atoms with Crippen LogP contribution in [0.25, 0.3) is 0 Å². The van der Waals surface area contributed by atoms with Gasteiger partial charge in [0.15, 0.2) is 0 Å². The summed E-state index contributed by atoms with van der Waals surface area (Å²) >= 11 is 0.683. The topological polar surface area (TPSA) is 210 Å². The minimum Gasteiger partial charge on any atom is -0.478 e. The zero-order valence-corrected chi connectivity index (χ0v) is 38.0. The third kappa shape index (κ3) is 13.3. The number of sulfone groups is 1. The van der Waals surface area contributed by atoms with E-state index in [9.17, 15) is 58.2 Å². The summed E-state index contributed by atoms with van der Waals surface area (Å²) in [7, 11) is -12.2. The van der Waals surface area contributed by atoms with Gasteiger partial charge in [-0.2, -0.15) is 0 Å². The number of aromatic carboxylic acids is 2. The number of hydrogen-bond acceptors (Lipinski definition) is 10. The van der Waals surface area contributed by atoms with E-state index in [2.05, 4.69) is 14.2 Å². The molecular weight excluding hydrogens is 954 g/mol. The third-order valence-corrected chi connectivity index (χ3v) is 16.4. The van der Waals surface area contributed by atoms with Crippen molar-refractivity contribution in [2.75, 3.05) is 9.44 Å². The molecule has 0 aliphatic carbocycles. The fraction of sp³-hybridized carbons (Fsp3) is 0.106. The maximum Gasteiger partial charge on any atom is 0.573 e. The Labute approximate surface area is 388 Å². The van der Waals surface area contributed by atoms with Gasteiger partial charge in [-0.15, -0.1) is 24.5 Å². The quantitative estimate of drug-likeness (QED) is 0.0675. The summed E-state index contributed by atoms with van der Waals surface area (Å²) in [5, 5.41) is 18.6. The maximum absolute atomic E-state index is 12.9. The Morgan fingerprint density at radius 3 is 1.51 bits per heavy atom. The van der Waals surface area contributed by atoms with Gasteiger partial charge in [0.05, 0.1) is 16.0 Å². The maximum atomic E-state index is 12.9. The van der Waals surface area contributed by atoms with Gasteiger partial charge < -0.3 is 14.9 Å². The lowest BCUT2D eigenvalue weighted by Crippen LogP contribution is -2.20. The Morgan fingerprint density at radius 1 is 0.522 bits per heavy atom. The number of ether oxygens (including phenoxy) is 1. The molecule has 0 saturated carbocycles. The number of thiophene rings is 1. The molecular formula is C47H39F3N2O11S4. The molecule has 13 nitrogen and oxygen atoms in total. The first-order chi connectivity index (χ1) is 31.7. The Bertz CT molecular complexity index is 3240. The third-order valence-electron chi connectivity index (χ3n) is 9.72. The first-order valence-corrected chi connectivity index (χ1v) is 25.1. The Hall–Kier alpha value is -7.00. The number of para-hydroxylation sites is 1. The molecule has 67 heavy (non-hydrogen) atoms. The summed E-state index contributed by atoms with van der Waals surface area (Å²) in [6.45, 7) is 0. The van der Waals surface area contributed by atoms with Crippen LogP contribution in [0.5, 0.6) is 5.75 Å². The Kier molecular flexibility index (Phi) is 15.6. The van der Waals surface area contributed by atoms with E-state index in [-0.39, 0.29) is 30.1 Å². The van der Waals surface area contributed by atoms with E-state index < -0.39 is 58.8 Å². The number of carbonyl (C=O) groups is 2. The molecule has 7 rings (SSSR count). The number of benzene rings is 6. The molecule has 1 aromatic heterocycles. The van der Waals surface area contributed by atoms with Gasteiger partial charge in [0, 0.05) is 11.4 Å². The Morgan fingerprint density at radius 2 is 0.985 bits per heavy atom. The van der Waals surface area contributed by atoms with Crippen molar-refractivity contribution in [1.82, 2.24) is 0 Å². The van der Waals surface area contributed by atoms with E-state index in [4.69, 9.17) is 0 Å². The average Bonchev–Trinajstić information content (AvgIpc) is 3.81. The molecule has 7 aromatic rings.